The quantitative estimate of drug-likeness (QED) is 0.672. The molecule has 1 aliphatic rings. The summed E-state index contributed by atoms with van der Waals surface area (Å²) < 4.78 is 93.6. The zero-order chi connectivity index (χ0) is 22.1. The number of carbonyl (C=O) groups excluding carboxylic acids is 1. The third kappa shape index (κ3) is 4.87. The maximum absolute atomic E-state index is 13.8. The summed E-state index contributed by atoms with van der Waals surface area (Å²) in [6.07, 6.45) is -4.90. The van der Waals surface area contributed by atoms with Crippen LogP contribution in [0.5, 0.6) is 5.75 Å². The van der Waals surface area contributed by atoms with Gasteiger partial charge in [-0.2, -0.15) is 4.31 Å². The molecule has 0 N–H and O–H groups in total. The van der Waals surface area contributed by atoms with Crippen molar-refractivity contribution < 1.29 is 39.9 Å². The first-order valence-corrected chi connectivity index (χ1v) is 10.0. The molecule has 162 valence electrons. The number of piperazine rings is 1. The average Bonchev–Trinajstić information content (AvgIpc) is 2.67. The first-order chi connectivity index (χ1) is 14.0. The van der Waals surface area contributed by atoms with E-state index in [1.165, 1.54) is 4.90 Å². The largest absolute Gasteiger partial charge is 0.573 e. The van der Waals surface area contributed by atoms with Crippen molar-refractivity contribution in [3.63, 3.8) is 0 Å². The van der Waals surface area contributed by atoms with E-state index in [9.17, 15) is 35.2 Å². The molecule has 0 saturated carbocycles. The normalized spacial score (nSPS) is 15.8. The fraction of sp³-hybridized carbons (Fsp3) is 0.278. The summed E-state index contributed by atoms with van der Waals surface area (Å²) in [5, 5.41) is 0. The van der Waals surface area contributed by atoms with Gasteiger partial charge < -0.3 is 9.64 Å². The van der Waals surface area contributed by atoms with Crippen LogP contribution >= 0.6 is 0 Å². The Hall–Kier alpha value is -2.73. The van der Waals surface area contributed by atoms with Crippen LogP contribution in [0.4, 0.5) is 22.0 Å². The molecule has 0 atom stereocenters. The lowest BCUT2D eigenvalue weighted by Gasteiger charge is -2.34. The smallest absolute Gasteiger partial charge is 0.406 e. The minimum Gasteiger partial charge on any atom is -0.406 e. The van der Waals surface area contributed by atoms with E-state index in [0.29, 0.717) is 6.07 Å². The molecule has 0 spiro atoms. The molecule has 12 heteroatoms. The van der Waals surface area contributed by atoms with E-state index in [1.807, 2.05) is 0 Å². The Bertz CT molecular complexity index is 1030. The fourth-order valence-corrected chi connectivity index (χ4v) is 4.35. The van der Waals surface area contributed by atoms with E-state index in [4.69, 9.17) is 0 Å². The summed E-state index contributed by atoms with van der Waals surface area (Å²) in [4.78, 5) is 13.4. The van der Waals surface area contributed by atoms with Crippen molar-refractivity contribution in [3.05, 3.63) is 59.7 Å². The number of hydrogen-bond donors (Lipinski definition) is 0. The Labute approximate surface area is 168 Å². The number of amides is 1. The molecule has 1 aliphatic heterocycles. The SMILES string of the molecule is O=C(c1ccc(F)cc1F)N1CCN(S(=O)(=O)c2ccc(OC(F)(F)F)cc2)CC1. The highest BCUT2D eigenvalue weighted by molar-refractivity contribution is 7.89. The van der Waals surface area contributed by atoms with Crippen LogP contribution in [-0.4, -0.2) is 56.1 Å². The number of halogens is 5. The molecule has 2 aromatic carbocycles. The monoisotopic (exact) mass is 450 g/mol. The molecular weight excluding hydrogens is 435 g/mol. The van der Waals surface area contributed by atoms with Gasteiger partial charge in [0.05, 0.1) is 10.5 Å². The molecule has 0 bridgehead atoms. The van der Waals surface area contributed by atoms with Gasteiger partial charge in [-0.1, -0.05) is 0 Å². The lowest BCUT2D eigenvalue weighted by molar-refractivity contribution is -0.274. The van der Waals surface area contributed by atoms with Gasteiger partial charge in [0.1, 0.15) is 17.4 Å². The maximum Gasteiger partial charge on any atom is 0.573 e. The van der Waals surface area contributed by atoms with Gasteiger partial charge in [0, 0.05) is 32.2 Å². The average molecular weight is 450 g/mol. The molecule has 30 heavy (non-hydrogen) atoms. The topological polar surface area (TPSA) is 66.9 Å². The zero-order valence-electron chi connectivity index (χ0n) is 15.2. The molecular formula is C18H15F5N2O4S. The predicted molar refractivity (Wildman–Crippen MR) is 94.1 cm³/mol. The molecule has 0 aliphatic carbocycles. The van der Waals surface area contributed by atoms with E-state index >= 15 is 0 Å². The summed E-state index contributed by atoms with van der Waals surface area (Å²) in [7, 11) is -4.02. The van der Waals surface area contributed by atoms with E-state index in [1.54, 1.807) is 0 Å². The lowest BCUT2D eigenvalue weighted by Crippen LogP contribution is -2.50. The van der Waals surface area contributed by atoms with Crippen molar-refractivity contribution in [1.82, 2.24) is 9.21 Å². The highest BCUT2D eigenvalue weighted by Gasteiger charge is 2.33. The summed E-state index contributed by atoms with van der Waals surface area (Å²) >= 11 is 0. The van der Waals surface area contributed by atoms with Crippen molar-refractivity contribution in [2.45, 2.75) is 11.3 Å². The molecule has 0 radical (unpaired) electrons. The van der Waals surface area contributed by atoms with Gasteiger partial charge >= 0.3 is 6.36 Å². The summed E-state index contributed by atoms with van der Waals surface area (Å²) in [5.74, 6) is -3.10. The highest BCUT2D eigenvalue weighted by atomic mass is 32.2. The van der Waals surface area contributed by atoms with Crippen LogP contribution in [0.15, 0.2) is 47.4 Å². The molecule has 1 fully saturated rings. The van der Waals surface area contributed by atoms with Gasteiger partial charge in [-0.15, -0.1) is 13.2 Å². The van der Waals surface area contributed by atoms with Crippen molar-refractivity contribution in [2.24, 2.45) is 0 Å². The Morgan fingerprint density at radius 1 is 0.933 bits per heavy atom. The van der Waals surface area contributed by atoms with Crippen LogP contribution in [-0.2, 0) is 10.0 Å². The third-order valence-corrected chi connectivity index (χ3v) is 6.30. The highest BCUT2D eigenvalue weighted by Crippen LogP contribution is 2.25. The number of nitrogens with zero attached hydrogens (tertiary/aromatic N) is 2. The second-order valence-electron chi connectivity index (χ2n) is 6.34. The predicted octanol–water partition coefficient (Wildman–Crippen LogP) is 3.01. The molecule has 6 nitrogen and oxygen atoms in total. The van der Waals surface area contributed by atoms with Crippen molar-refractivity contribution in [1.29, 1.82) is 0 Å². The summed E-state index contributed by atoms with van der Waals surface area (Å²) in [5.41, 5.74) is -0.326. The Balaban J connectivity index is 1.67. The zero-order valence-corrected chi connectivity index (χ0v) is 16.0. The second-order valence-corrected chi connectivity index (χ2v) is 8.28. The van der Waals surface area contributed by atoms with Gasteiger partial charge in [0.15, 0.2) is 0 Å². The number of benzene rings is 2. The Morgan fingerprint density at radius 3 is 2.07 bits per heavy atom. The Kier molecular flexibility index (Phi) is 5.99. The third-order valence-electron chi connectivity index (χ3n) is 4.38. The Morgan fingerprint density at radius 2 is 1.53 bits per heavy atom. The van der Waals surface area contributed by atoms with E-state index in [2.05, 4.69) is 4.74 Å². The van der Waals surface area contributed by atoms with Gasteiger partial charge in [-0.3, -0.25) is 4.79 Å². The first-order valence-electron chi connectivity index (χ1n) is 8.58. The van der Waals surface area contributed by atoms with Gasteiger partial charge in [-0.05, 0) is 36.4 Å². The van der Waals surface area contributed by atoms with E-state index in [0.717, 1.165) is 40.7 Å². The summed E-state index contributed by atoms with van der Waals surface area (Å²) in [6, 6.07) is 6.29. The minimum absolute atomic E-state index is 0.0376. The number of rotatable bonds is 4. The van der Waals surface area contributed by atoms with Crippen LogP contribution in [0.1, 0.15) is 10.4 Å². The molecule has 0 aromatic heterocycles. The van der Waals surface area contributed by atoms with Crippen LogP contribution < -0.4 is 4.74 Å². The molecule has 1 amide bonds. The number of hydrogen-bond acceptors (Lipinski definition) is 4. The van der Waals surface area contributed by atoms with Crippen LogP contribution in [0.25, 0.3) is 0 Å². The number of alkyl halides is 3. The fourth-order valence-electron chi connectivity index (χ4n) is 2.93. The molecule has 0 unspecified atom stereocenters. The van der Waals surface area contributed by atoms with E-state index < -0.39 is 39.7 Å². The molecule has 2 aromatic rings. The number of carbonyl (C=O) groups is 1. The van der Waals surface area contributed by atoms with Gasteiger partial charge in [0.2, 0.25) is 10.0 Å². The maximum atomic E-state index is 13.8. The molecule has 1 heterocycles. The standard InChI is InChI=1S/C18H15F5N2O4S/c19-12-1-6-15(16(20)11-12)17(26)24-7-9-25(10-8-24)30(27,28)14-4-2-13(3-5-14)29-18(21,22)23/h1-6,11H,7-10H2. The van der Waals surface area contributed by atoms with Crippen molar-refractivity contribution >= 4 is 15.9 Å². The van der Waals surface area contributed by atoms with Gasteiger partial charge in [0.25, 0.3) is 5.91 Å². The van der Waals surface area contributed by atoms with Gasteiger partial charge in [-0.25, -0.2) is 17.2 Å². The number of ether oxygens (including phenoxy) is 1. The molecule has 1 saturated heterocycles. The lowest BCUT2D eigenvalue weighted by atomic mass is 10.1. The van der Waals surface area contributed by atoms with E-state index in [-0.39, 0.29) is 36.6 Å². The molecule has 3 rings (SSSR count). The summed E-state index contributed by atoms with van der Waals surface area (Å²) in [6.45, 7) is -0.274. The first kappa shape index (κ1) is 22.0. The number of sulfonamides is 1. The van der Waals surface area contributed by atoms with Crippen LogP contribution in [0.3, 0.4) is 0 Å². The second kappa shape index (κ2) is 8.19. The van der Waals surface area contributed by atoms with Crippen molar-refractivity contribution in [2.75, 3.05) is 26.2 Å². The minimum atomic E-state index is -4.90. The van der Waals surface area contributed by atoms with Crippen molar-refractivity contribution in [3.8, 4) is 5.75 Å². The van der Waals surface area contributed by atoms with Crippen LogP contribution in [0.2, 0.25) is 0 Å². The van der Waals surface area contributed by atoms with Crippen LogP contribution in [0, 0.1) is 11.6 Å².